The third kappa shape index (κ3) is 3.66. The second kappa shape index (κ2) is 7.67. The molecule has 0 unspecified atom stereocenters. The minimum absolute atomic E-state index is 0.0824. The first-order chi connectivity index (χ1) is 13.3. The molecule has 2 heterocycles. The summed E-state index contributed by atoms with van der Waals surface area (Å²) in [4.78, 5) is 36.8. The lowest BCUT2D eigenvalue weighted by Gasteiger charge is -2.05. The molecule has 0 aliphatic rings. The first kappa shape index (κ1) is 19.3. The van der Waals surface area contributed by atoms with Crippen LogP contribution in [0.2, 0.25) is 0 Å². The summed E-state index contributed by atoms with van der Waals surface area (Å²) in [6.45, 7) is 6.56. The summed E-state index contributed by atoms with van der Waals surface area (Å²) in [6.07, 6.45) is -0.0894. The number of amides is 1. The lowest BCUT2D eigenvalue weighted by atomic mass is 10.1. The Balaban J connectivity index is 1.89. The van der Waals surface area contributed by atoms with E-state index in [1.54, 1.807) is 19.9 Å². The molecule has 28 heavy (non-hydrogen) atoms. The molecule has 0 saturated heterocycles. The summed E-state index contributed by atoms with van der Waals surface area (Å²) < 4.78 is 15.7. The number of aryl methyl sites for hydroxylation is 2. The number of hydrogen-bond acceptors (Lipinski definition) is 7. The van der Waals surface area contributed by atoms with Crippen molar-refractivity contribution in [3.05, 3.63) is 46.3 Å². The predicted molar refractivity (Wildman–Crippen MR) is 100 cm³/mol. The largest absolute Gasteiger partial charge is 0.462 e. The van der Waals surface area contributed by atoms with Gasteiger partial charge in [0.25, 0.3) is 0 Å². The Kier molecular flexibility index (Phi) is 5.30. The van der Waals surface area contributed by atoms with Gasteiger partial charge in [-0.05, 0) is 39.8 Å². The van der Waals surface area contributed by atoms with Crippen molar-refractivity contribution in [3.63, 3.8) is 0 Å². The number of furan rings is 1. The molecule has 1 amide bonds. The van der Waals surface area contributed by atoms with E-state index >= 15 is 0 Å². The van der Waals surface area contributed by atoms with Gasteiger partial charge in [0, 0.05) is 5.39 Å². The number of nitrogens with zero attached hydrogens (tertiary/aromatic N) is 1. The highest BCUT2D eigenvalue weighted by Crippen LogP contribution is 2.29. The zero-order valence-electron chi connectivity index (χ0n) is 16.0. The number of carbonyl (C=O) groups is 3. The molecule has 1 aromatic carbocycles. The Morgan fingerprint density at radius 1 is 1.18 bits per heavy atom. The maximum atomic E-state index is 12.5. The van der Waals surface area contributed by atoms with Gasteiger partial charge >= 0.3 is 5.97 Å². The molecule has 8 heteroatoms. The third-order valence-electron chi connectivity index (χ3n) is 4.20. The van der Waals surface area contributed by atoms with Crippen LogP contribution in [0.4, 0.5) is 5.88 Å². The van der Waals surface area contributed by atoms with Gasteiger partial charge < -0.3 is 13.7 Å². The number of ketones is 1. The molecule has 3 rings (SSSR count). The van der Waals surface area contributed by atoms with Crippen LogP contribution in [0.5, 0.6) is 0 Å². The van der Waals surface area contributed by atoms with Gasteiger partial charge in [-0.2, -0.15) is 0 Å². The minimum atomic E-state index is -0.734. The zero-order valence-corrected chi connectivity index (χ0v) is 16.0. The maximum Gasteiger partial charge on any atom is 0.344 e. The number of benzene rings is 1. The highest BCUT2D eigenvalue weighted by Gasteiger charge is 2.29. The number of hydrogen-bond donors (Lipinski definition) is 1. The fourth-order valence-corrected chi connectivity index (χ4v) is 3.01. The molecule has 0 aliphatic carbocycles. The Morgan fingerprint density at radius 2 is 1.93 bits per heavy atom. The van der Waals surface area contributed by atoms with Gasteiger partial charge in [-0.15, -0.1) is 0 Å². The van der Waals surface area contributed by atoms with Crippen LogP contribution in [0.25, 0.3) is 11.0 Å². The summed E-state index contributed by atoms with van der Waals surface area (Å²) in [5.74, 6) is -1.44. The summed E-state index contributed by atoms with van der Waals surface area (Å²) in [5.41, 5.74) is 2.06. The standard InChI is InChI=1S/C20H20N2O6/c1-5-26-20(25)18-17(11(3)23)12(4)27-19(18)21-16(24)9-14-13-8-10(2)6-7-15(13)28-22-14/h6-8H,5,9H2,1-4H3,(H,21,24). The maximum absolute atomic E-state index is 12.5. The van der Waals surface area contributed by atoms with E-state index in [-0.39, 0.29) is 41.6 Å². The number of fused-ring (bicyclic) bond motifs is 1. The van der Waals surface area contributed by atoms with Crippen LogP contribution in [0, 0.1) is 13.8 Å². The quantitative estimate of drug-likeness (QED) is 0.510. The monoisotopic (exact) mass is 384 g/mol. The SMILES string of the molecule is CCOC(=O)c1c(NC(=O)Cc2noc3ccc(C)cc23)oc(C)c1C(C)=O. The van der Waals surface area contributed by atoms with Gasteiger partial charge in [0.05, 0.1) is 18.6 Å². The van der Waals surface area contributed by atoms with Crippen molar-refractivity contribution in [1.29, 1.82) is 0 Å². The molecule has 0 radical (unpaired) electrons. The molecule has 0 spiro atoms. The number of rotatable bonds is 6. The van der Waals surface area contributed by atoms with Gasteiger partial charge in [0.2, 0.25) is 11.8 Å². The molecule has 0 aliphatic heterocycles. The summed E-state index contributed by atoms with van der Waals surface area (Å²) in [7, 11) is 0. The molecule has 3 aromatic rings. The van der Waals surface area contributed by atoms with E-state index in [1.807, 2.05) is 19.1 Å². The number of carbonyl (C=O) groups excluding carboxylic acids is 3. The second-order valence-corrected chi connectivity index (χ2v) is 6.37. The second-order valence-electron chi connectivity index (χ2n) is 6.37. The zero-order chi connectivity index (χ0) is 20.4. The topological polar surface area (TPSA) is 112 Å². The average Bonchev–Trinajstić information content (AvgIpc) is 3.15. The first-order valence-electron chi connectivity index (χ1n) is 8.78. The average molecular weight is 384 g/mol. The molecule has 0 saturated carbocycles. The first-order valence-corrected chi connectivity index (χ1v) is 8.78. The van der Waals surface area contributed by atoms with E-state index in [0.717, 1.165) is 10.9 Å². The Labute approximate surface area is 160 Å². The molecule has 0 fully saturated rings. The summed E-state index contributed by atoms with van der Waals surface area (Å²) in [6, 6.07) is 5.55. The van der Waals surface area contributed by atoms with Crippen LogP contribution >= 0.6 is 0 Å². The smallest absolute Gasteiger partial charge is 0.344 e. The van der Waals surface area contributed by atoms with Crippen molar-refractivity contribution in [1.82, 2.24) is 5.16 Å². The molecule has 8 nitrogen and oxygen atoms in total. The summed E-state index contributed by atoms with van der Waals surface area (Å²) in [5, 5.41) is 7.22. The number of aromatic nitrogens is 1. The van der Waals surface area contributed by atoms with Crippen LogP contribution in [0.1, 0.15) is 51.6 Å². The predicted octanol–water partition coefficient (Wildman–Crippen LogP) is 3.60. The van der Waals surface area contributed by atoms with E-state index in [0.29, 0.717) is 11.3 Å². The number of nitrogens with one attached hydrogen (secondary N) is 1. The molecular weight excluding hydrogens is 364 g/mol. The number of anilines is 1. The summed E-state index contributed by atoms with van der Waals surface area (Å²) >= 11 is 0. The Hall–Kier alpha value is -3.42. The number of esters is 1. The van der Waals surface area contributed by atoms with E-state index < -0.39 is 11.9 Å². The van der Waals surface area contributed by atoms with Crippen molar-refractivity contribution >= 4 is 34.5 Å². The minimum Gasteiger partial charge on any atom is -0.462 e. The lowest BCUT2D eigenvalue weighted by molar-refractivity contribution is -0.115. The third-order valence-corrected chi connectivity index (χ3v) is 4.20. The molecule has 146 valence electrons. The fourth-order valence-electron chi connectivity index (χ4n) is 3.01. The van der Waals surface area contributed by atoms with Crippen molar-refractivity contribution < 1.29 is 28.1 Å². The van der Waals surface area contributed by atoms with E-state index in [1.165, 1.54) is 6.92 Å². The van der Waals surface area contributed by atoms with Crippen LogP contribution in [-0.4, -0.2) is 29.4 Å². The highest BCUT2D eigenvalue weighted by molar-refractivity contribution is 6.10. The van der Waals surface area contributed by atoms with Gasteiger partial charge in [-0.3, -0.25) is 14.9 Å². The van der Waals surface area contributed by atoms with Gasteiger partial charge in [0.15, 0.2) is 11.4 Å². The van der Waals surface area contributed by atoms with E-state index in [2.05, 4.69) is 10.5 Å². The normalized spacial score (nSPS) is 10.9. The highest BCUT2D eigenvalue weighted by atomic mass is 16.5. The van der Waals surface area contributed by atoms with E-state index in [4.69, 9.17) is 13.7 Å². The number of Topliss-reactive ketones (excluding diaryl/α,β-unsaturated/α-hetero) is 1. The van der Waals surface area contributed by atoms with Crippen LogP contribution in [0.3, 0.4) is 0 Å². The molecule has 0 bridgehead atoms. The molecule has 0 atom stereocenters. The van der Waals surface area contributed by atoms with Crippen LogP contribution in [0.15, 0.2) is 27.1 Å². The Bertz CT molecular complexity index is 1080. The lowest BCUT2D eigenvalue weighted by Crippen LogP contribution is -2.18. The van der Waals surface area contributed by atoms with Crippen molar-refractivity contribution in [2.75, 3.05) is 11.9 Å². The van der Waals surface area contributed by atoms with Gasteiger partial charge in [0.1, 0.15) is 17.0 Å². The fraction of sp³-hybridized carbons (Fsp3) is 0.300. The van der Waals surface area contributed by atoms with Crippen molar-refractivity contribution in [3.8, 4) is 0 Å². The van der Waals surface area contributed by atoms with Crippen molar-refractivity contribution in [2.45, 2.75) is 34.1 Å². The van der Waals surface area contributed by atoms with Crippen molar-refractivity contribution in [2.24, 2.45) is 0 Å². The van der Waals surface area contributed by atoms with Gasteiger partial charge in [-0.25, -0.2) is 4.79 Å². The molecule has 2 aromatic heterocycles. The number of ether oxygens (including phenoxy) is 1. The molecule has 1 N–H and O–H groups in total. The Morgan fingerprint density at radius 3 is 2.61 bits per heavy atom. The van der Waals surface area contributed by atoms with Gasteiger partial charge in [-0.1, -0.05) is 16.8 Å². The van der Waals surface area contributed by atoms with Crippen LogP contribution < -0.4 is 5.32 Å². The molecular formula is C20H20N2O6. The van der Waals surface area contributed by atoms with Crippen LogP contribution in [-0.2, 0) is 16.0 Å². The van der Waals surface area contributed by atoms with E-state index in [9.17, 15) is 14.4 Å².